The number of para-hydroxylation sites is 1. The van der Waals surface area contributed by atoms with Crippen molar-refractivity contribution in [3.05, 3.63) is 84.2 Å². The fourth-order valence-electron chi connectivity index (χ4n) is 3.13. The first-order chi connectivity index (χ1) is 15.1. The molecule has 0 bridgehead atoms. The van der Waals surface area contributed by atoms with Gasteiger partial charge in [-0.3, -0.25) is 4.90 Å². The zero-order valence-corrected chi connectivity index (χ0v) is 17.9. The van der Waals surface area contributed by atoms with E-state index >= 15 is 0 Å². The van der Waals surface area contributed by atoms with Crippen molar-refractivity contribution in [1.29, 1.82) is 0 Å². The Labute approximate surface area is 182 Å². The summed E-state index contributed by atoms with van der Waals surface area (Å²) in [6.07, 6.45) is 1.57. The largest absolute Gasteiger partial charge is 0.457 e. The van der Waals surface area contributed by atoms with Crippen LogP contribution in [0.15, 0.2) is 73.1 Å². The van der Waals surface area contributed by atoms with Gasteiger partial charge in [-0.2, -0.15) is 0 Å². The standard InChI is InChI=1S/C26H24N4O/c1-19-16-21(12-14-25(19)31-22-9-5-4-6-10-22)29-26-23-17-20(8-7-15-30(2)3)11-13-24(23)27-18-28-26/h4-6,9-14,16-18H,15H2,1-3H3,(H,27,28,29). The maximum Gasteiger partial charge on any atom is 0.141 e. The van der Waals surface area contributed by atoms with Gasteiger partial charge in [-0.15, -0.1) is 0 Å². The SMILES string of the molecule is Cc1cc(Nc2ncnc3ccc(C#CCN(C)C)cc23)ccc1Oc1ccccc1. The number of ether oxygens (including phenoxy) is 1. The molecule has 31 heavy (non-hydrogen) atoms. The molecule has 0 aliphatic heterocycles. The number of aryl methyl sites for hydroxylation is 1. The summed E-state index contributed by atoms with van der Waals surface area (Å²) in [4.78, 5) is 10.9. The molecular weight excluding hydrogens is 384 g/mol. The molecule has 4 aromatic rings. The first kappa shape index (κ1) is 20.4. The summed E-state index contributed by atoms with van der Waals surface area (Å²) in [5.41, 5.74) is 3.77. The number of rotatable bonds is 5. The van der Waals surface area contributed by atoms with Crippen LogP contribution in [-0.2, 0) is 0 Å². The summed E-state index contributed by atoms with van der Waals surface area (Å²) in [6, 6.07) is 21.8. The second-order valence-electron chi connectivity index (χ2n) is 7.51. The molecule has 0 unspecified atom stereocenters. The monoisotopic (exact) mass is 408 g/mol. The van der Waals surface area contributed by atoms with E-state index in [0.717, 1.165) is 45.0 Å². The summed E-state index contributed by atoms with van der Waals surface area (Å²) in [7, 11) is 4.01. The third-order valence-corrected chi connectivity index (χ3v) is 4.67. The van der Waals surface area contributed by atoms with Crippen molar-refractivity contribution in [1.82, 2.24) is 14.9 Å². The van der Waals surface area contributed by atoms with Crippen molar-refractivity contribution in [3.8, 4) is 23.3 Å². The Kier molecular flexibility index (Phi) is 6.11. The molecule has 0 saturated carbocycles. The number of benzene rings is 3. The average molecular weight is 409 g/mol. The fourth-order valence-corrected chi connectivity index (χ4v) is 3.13. The minimum absolute atomic E-state index is 0.713. The first-order valence-electron chi connectivity index (χ1n) is 10.1. The van der Waals surface area contributed by atoms with Crippen LogP contribution in [0.5, 0.6) is 11.5 Å². The minimum Gasteiger partial charge on any atom is -0.457 e. The fraction of sp³-hybridized carbons (Fsp3) is 0.154. The maximum atomic E-state index is 5.98. The molecule has 0 fully saturated rings. The van der Waals surface area contributed by atoms with E-state index in [2.05, 4.69) is 27.1 Å². The molecular formula is C26H24N4O. The van der Waals surface area contributed by atoms with Gasteiger partial charge in [0.1, 0.15) is 23.6 Å². The predicted octanol–water partition coefficient (Wildman–Crippen LogP) is 5.39. The van der Waals surface area contributed by atoms with Gasteiger partial charge in [-0.1, -0.05) is 30.0 Å². The Hall–Kier alpha value is -3.88. The topological polar surface area (TPSA) is 50.3 Å². The number of nitrogens with one attached hydrogen (secondary N) is 1. The van der Waals surface area contributed by atoms with Crippen LogP contribution in [0.1, 0.15) is 11.1 Å². The highest BCUT2D eigenvalue weighted by atomic mass is 16.5. The highest BCUT2D eigenvalue weighted by Crippen LogP contribution is 2.29. The lowest BCUT2D eigenvalue weighted by atomic mass is 10.1. The molecule has 0 radical (unpaired) electrons. The number of hydrogen-bond acceptors (Lipinski definition) is 5. The lowest BCUT2D eigenvalue weighted by Gasteiger charge is -2.12. The molecule has 0 saturated heterocycles. The van der Waals surface area contributed by atoms with E-state index in [1.807, 2.05) is 92.6 Å². The van der Waals surface area contributed by atoms with Crippen molar-refractivity contribution in [2.24, 2.45) is 0 Å². The van der Waals surface area contributed by atoms with Gasteiger partial charge in [0.25, 0.3) is 0 Å². The molecule has 0 amide bonds. The van der Waals surface area contributed by atoms with Crippen LogP contribution in [-0.4, -0.2) is 35.5 Å². The molecule has 5 heteroatoms. The van der Waals surface area contributed by atoms with Crippen LogP contribution in [0.2, 0.25) is 0 Å². The molecule has 0 atom stereocenters. The molecule has 1 heterocycles. The van der Waals surface area contributed by atoms with Crippen molar-refractivity contribution >= 4 is 22.4 Å². The van der Waals surface area contributed by atoms with Gasteiger partial charge in [0.15, 0.2) is 0 Å². The molecule has 0 aliphatic rings. The van der Waals surface area contributed by atoms with E-state index in [-0.39, 0.29) is 0 Å². The first-order valence-corrected chi connectivity index (χ1v) is 10.1. The van der Waals surface area contributed by atoms with E-state index in [0.29, 0.717) is 6.54 Å². The van der Waals surface area contributed by atoms with Crippen molar-refractivity contribution in [2.75, 3.05) is 26.0 Å². The number of nitrogens with zero attached hydrogens (tertiary/aromatic N) is 3. The zero-order valence-electron chi connectivity index (χ0n) is 17.9. The summed E-state index contributed by atoms with van der Waals surface area (Å²) < 4.78 is 5.98. The van der Waals surface area contributed by atoms with Crippen LogP contribution in [0.4, 0.5) is 11.5 Å². The van der Waals surface area contributed by atoms with E-state index in [9.17, 15) is 0 Å². The molecule has 4 rings (SSSR count). The third kappa shape index (κ3) is 5.19. The Balaban J connectivity index is 1.59. The Morgan fingerprint density at radius 3 is 2.58 bits per heavy atom. The molecule has 3 aromatic carbocycles. The third-order valence-electron chi connectivity index (χ3n) is 4.67. The number of anilines is 2. The molecule has 154 valence electrons. The van der Waals surface area contributed by atoms with E-state index in [4.69, 9.17) is 4.74 Å². The van der Waals surface area contributed by atoms with Crippen LogP contribution < -0.4 is 10.1 Å². The van der Waals surface area contributed by atoms with Crippen LogP contribution >= 0.6 is 0 Å². The van der Waals surface area contributed by atoms with E-state index < -0.39 is 0 Å². The Morgan fingerprint density at radius 1 is 0.968 bits per heavy atom. The maximum absolute atomic E-state index is 5.98. The van der Waals surface area contributed by atoms with Crippen LogP contribution in [0.25, 0.3) is 10.9 Å². The van der Waals surface area contributed by atoms with Crippen molar-refractivity contribution in [3.63, 3.8) is 0 Å². The van der Waals surface area contributed by atoms with Crippen LogP contribution in [0, 0.1) is 18.8 Å². The summed E-state index contributed by atoms with van der Waals surface area (Å²) in [6.45, 7) is 2.74. The molecule has 5 nitrogen and oxygen atoms in total. The highest BCUT2D eigenvalue weighted by Gasteiger charge is 2.07. The van der Waals surface area contributed by atoms with Gasteiger partial charge in [0.05, 0.1) is 12.1 Å². The lowest BCUT2D eigenvalue weighted by molar-refractivity contribution is 0.464. The molecule has 0 aliphatic carbocycles. The van der Waals surface area contributed by atoms with Gasteiger partial charge in [-0.25, -0.2) is 9.97 Å². The minimum atomic E-state index is 0.713. The van der Waals surface area contributed by atoms with E-state index in [1.54, 1.807) is 6.33 Å². The lowest BCUT2D eigenvalue weighted by Crippen LogP contribution is -2.10. The Morgan fingerprint density at radius 2 is 1.81 bits per heavy atom. The summed E-state index contributed by atoms with van der Waals surface area (Å²) in [5, 5.41) is 4.35. The van der Waals surface area contributed by atoms with Crippen molar-refractivity contribution in [2.45, 2.75) is 6.92 Å². The quantitative estimate of drug-likeness (QED) is 0.449. The second kappa shape index (κ2) is 9.29. The normalized spacial score (nSPS) is 10.6. The van der Waals surface area contributed by atoms with Crippen LogP contribution in [0.3, 0.4) is 0 Å². The average Bonchev–Trinajstić information content (AvgIpc) is 2.76. The number of fused-ring (bicyclic) bond motifs is 1. The van der Waals surface area contributed by atoms with Gasteiger partial charge >= 0.3 is 0 Å². The molecule has 0 spiro atoms. The number of aromatic nitrogens is 2. The summed E-state index contributed by atoms with van der Waals surface area (Å²) >= 11 is 0. The number of hydrogen-bond donors (Lipinski definition) is 1. The van der Waals surface area contributed by atoms with Gasteiger partial charge < -0.3 is 10.1 Å². The summed E-state index contributed by atoms with van der Waals surface area (Å²) in [5.74, 6) is 8.76. The van der Waals surface area contributed by atoms with Gasteiger partial charge in [0.2, 0.25) is 0 Å². The predicted molar refractivity (Wildman–Crippen MR) is 126 cm³/mol. The highest BCUT2D eigenvalue weighted by molar-refractivity contribution is 5.91. The molecule has 1 N–H and O–H groups in total. The Bertz CT molecular complexity index is 1260. The second-order valence-corrected chi connectivity index (χ2v) is 7.51. The van der Waals surface area contributed by atoms with E-state index in [1.165, 1.54) is 0 Å². The van der Waals surface area contributed by atoms with Gasteiger partial charge in [0, 0.05) is 16.6 Å². The zero-order chi connectivity index (χ0) is 21.6. The molecule has 1 aromatic heterocycles. The van der Waals surface area contributed by atoms with Gasteiger partial charge in [-0.05, 0) is 75.1 Å². The smallest absolute Gasteiger partial charge is 0.141 e. The van der Waals surface area contributed by atoms with Crippen molar-refractivity contribution < 1.29 is 4.74 Å².